The zero-order chi connectivity index (χ0) is 14.2. The maximum absolute atomic E-state index is 11.9. The highest BCUT2D eigenvalue weighted by Crippen LogP contribution is 2.26. The number of halogens is 1. The Kier molecular flexibility index (Phi) is 3.71. The summed E-state index contributed by atoms with van der Waals surface area (Å²) in [5.41, 5.74) is 0.674. The van der Waals surface area contributed by atoms with Gasteiger partial charge in [0.05, 0.1) is 6.54 Å². The van der Waals surface area contributed by atoms with Gasteiger partial charge >= 0.3 is 0 Å². The highest BCUT2D eigenvalue weighted by molar-refractivity contribution is 6.30. The van der Waals surface area contributed by atoms with Crippen LogP contribution in [0.1, 0.15) is 24.7 Å². The first-order valence-corrected chi connectivity index (χ1v) is 6.43. The molecule has 0 bridgehead atoms. The molecule has 1 fully saturated rings. The summed E-state index contributed by atoms with van der Waals surface area (Å²) in [7, 11) is 0. The van der Waals surface area contributed by atoms with Crippen molar-refractivity contribution in [1.29, 1.82) is 0 Å². The van der Waals surface area contributed by atoms with E-state index in [0.29, 0.717) is 28.8 Å². The normalized spacial score (nSPS) is 19.6. The molecular formula is C12H15ClN4O2. The molecule has 0 aliphatic carbocycles. The third-order valence-corrected chi connectivity index (χ3v) is 3.45. The van der Waals surface area contributed by atoms with Crippen molar-refractivity contribution in [2.45, 2.75) is 33.2 Å². The first-order chi connectivity index (χ1) is 8.93. The van der Waals surface area contributed by atoms with Gasteiger partial charge in [-0.05, 0) is 20.3 Å². The highest BCUT2D eigenvalue weighted by Gasteiger charge is 2.34. The summed E-state index contributed by atoms with van der Waals surface area (Å²) in [5, 5.41) is 2.68. The molecule has 1 aliphatic rings. The van der Waals surface area contributed by atoms with Crippen molar-refractivity contribution < 1.29 is 9.59 Å². The first-order valence-electron chi connectivity index (χ1n) is 6.05. The molecule has 0 aromatic carbocycles. The summed E-state index contributed by atoms with van der Waals surface area (Å²) in [6.07, 6.45) is 0.583. The Morgan fingerprint density at radius 1 is 1.37 bits per heavy atom. The second-order valence-electron chi connectivity index (χ2n) is 4.47. The van der Waals surface area contributed by atoms with Crippen molar-refractivity contribution >= 4 is 29.2 Å². The molecule has 1 aromatic rings. The molecule has 1 N–H and O–H groups in total. The Balaban J connectivity index is 2.49. The van der Waals surface area contributed by atoms with Gasteiger partial charge in [-0.25, -0.2) is 9.97 Å². The van der Waals surface area contributed by atoms with Crippen LogP contribution in [0.3, 0.4) is 0 Å². The molecule has 2 rings (SSSR count). The number of anilines is 1. The molecule has 0 saturated carbocycles. The summed E-state index contributed by atoms with van der Waals surface area (Å²) in [6.45, 7) is 5.48. The number of nitrogens with zero attached hydrogens (tertiary/aromatic N) is 3. The van der Waals surface area contributed by atoms with E-state index in [1.165, 1.54) is 0 Å². The monoisotopic (exact) mass is 282 g/mol. The lowest BCUT2D eigenvalue weighted by Crippen LogP contribution is -2.58. The fourth-order valence-electron chi connectivity index (χ4n) is 2.15. The molecule has 2 amide bonds. The molecule has 1 saturated heterocycles. The van der Waals surface area contributed by atoms with Crippen LogP contribution in [0.4, 0.5) is 5.82 Å². The van der Waals surface area contributed by atoms with E-state index in [9.17, 15) is 9.59 Å². The Bertz CT molecular complexity index is 547. The van der Waals surface area contributed by atoms with Gasteiger partial charge in [-0.1, -0.05) is 18.5 Å². The number of carbonyl (C=O) groups excluding carboxylic acids is 2. The Labute approximate surface area is 116 Å². The summed E-state index contributed by atoms with van der Waals surface area (Å²) in [5.74, 6) is 0.429. The van der Waals surface area contributed by atoms with Gasteiger partial charge in [-0.2, -0.15) is 0 Å². The van der Waals surface area contributed by atoms with Crippen molar-refractivity contribution in [2.24, 2.45) is 0 Å². The van der Waals surface area contributed by atoms with Gasteiger partial charge in [0.25, 0.3) is 0 Å². The minimum atomic E-state index is -0.415. The van der Waals surface area contributed by atoms with Crippen molar-refractivity contribution in [2.75, 3.05) is 11.4 Å². The average Bonchev–Trinajstić information content (AvgIpc) is 2.33. The van der Waals surface area contributed by atoms with Gasteiger partial charge in [0.2, 0.25) is 11.8 Å². The van der Waals surface area contributed by atoms with E-state index in [4.69, 9.17) is 11.6 Å². The fourth-order valence-corrected chi connectivity index (χ4v) is 2.36. The standard InChI is InChI=1S/C12H15ClN4O2/c1-4-8-12(19)16-9(18)5-17(8)11-6(2)10(13)14-7(3)15-11/h8H,4-5H2,1-3H3,(H,16,18,19). The van der Waals surface area contributed by atoms with Gasteiger partial charge < -0.3 is 4.90 Å². The number of aryl methyl sites for hydroxylation is 1. The fraction of sp³-hybridized carbons (Fsp3) is 0.500. The molecule has 2 heterocycles. The topological polar surface area (TPSA) is 75.2 Å². The number of nitrogens with one attached hydrogen (secondary N) is 1. The summed E-state index contributed by atoms with van der Waals surface area (Å²) in [6, 6.07) is -0.415. The number of imide groups is 1. The van der Waals surface area contributed by atoms with Crippen LogP contribution >= 0.6 is 11.6 Å². The number of piperazine rings is 1. The number of rotatable bonds is 2. The summed E-state index contributed by atoms with van der Waals surface area (Å²) < 4.78 is 0. The molecular weight excluding hydrogens is 268 g/mol. The van der Waals surface area contributed by atoms with Crippen molar-refractivity contribution in [3.8, 4) is 0 Å². The van der Waals surface area contributed by atoms with Gasteiger partial charge in [-0.15, -0.1) is 0 Å². The first kappa shape index (κ1) is 13.7. The van der Waals surface area contributed by atoms with Gasteiger partial charge in [-0.3, -0.25) is 14.9 Å². The van der Waals surface area contributed by atoms with Crippen LogP contribution in [0, 0.1) is 13.8 Å². The Morgan fingerprint density at radius 2 is 2.05 bits per heavy atom. The highest BCUT2D eigenvalue weighted by atomic mass is 35.5. The van der Waals surface area contributed by atoms with E-state index in [1.807, 2.05) is 6.92 Å². The van der Waals surface area contributed by atoms with E-state index < -0.39 is 6.04 Å². The number of carbonyl (C=O) groups is 2. The van der Waals surface area contributed by atoms with Gasteiger partial charge in [0.1, 0.15) is 22.8 Å². The SMILES string of the molecule is CCC1C(=O)NC(=O)CN1c1nc(C)nc(Cl)c1C. The predicted molar refractivity (Wildman–Crippen MR) is 71.1 cm³/mol. The van der Waals surface area contributed by atoms with Crippen LogP contribution in [0.25, 0.3) is 0 Å². The third-order valence-electron chi connectivity index (χ3n) is 3.09. The molecule has 102 valence electrons. The van der Waals surface area contributed by atoms with Crippen molar-refractivity contribution in [3.05, 3.63) is 16.5 Å². The quantitative estimate of drug-likeness (QED) is 0.647. The number of hydrogen-bond donors (Lipinski definition) is 1. The molecule has 19 heavy (non-hydrogen) atoms. The summed E-state index contributed by atoms with van der Waals surface area (Å²) in [4.78, 5) is 33.5. The van der Waals surface area contributed by atoms with E-state index in [-0.39, 0.29) is 18.4 Å². The lowest BCUT2D eigenvalue weighted by atomic mass is 10.1. The predicted octanol–water partition coefficient (Wildman–Crippen LogP) is 0.988. The molecule has 1 aromatic heterocycles. The van der Waals surface area contributed by atoms with Crippen molar-refractivity contribution in [3.63, 3.8) is 0 Å². The Morgan fingerprint density at radius 3 is 2.68 bits per heavy atom. The summed E-state index contributed by atoms with van der Waals surface area (Å²) >= 11 is 6.04. The Hall–Kier alpha value is -1.69. The minimum absolute atomic E-state index is 0.0951. The van der Waals surface area contributed by atoms with Gasteiger partial charge in [0.15, 0.2) is 0 Å². The second-order valence-corrected chi connectivity index (χ2v) is 4.83. The van der Waals surface area contributed by atoms with E-state index in [0.717, 1.165) is 0 Å². The molecule has 6 nitrogen and oxygen atoms in total. The molecule has 1 aliphatic heterocycles. The van der Waals surface area contributed by atoms with Crippen LogP contribution in [0.5, 0.6) is 0 Å². The largest absolute Gasteiger partial charge is 0.335 e. The van der Waals surface area contributed by atoms with Crippen LogP contribution in [0.15, 0.2) is 0 Å². The molecule has 1 atom stereocenters. The van der Waals surface area contributed by atoms with Crippen LogP contribution in [-0.4, -0.2) is 34.4 Å². The number of hydrogen-bond acceptors (Lipinski definition) is 5. The van der Waals surface area contributed by atoms with Gasteiger partial charge in [0, 0.05) is 5.56 Å². The number of amides is 2. The molecule has 0 spiro atoms. The van der Waals surface area contributed by atoms with Crippen LogP contribution in [0.2, 0.25) is 5.15 Å². The van der Waals surface area contributed by atoms with Crippen LogP contribution in [-0.2, 0) is 9.59 Å². The molecule has 1 unspecified atom stereocenters. The second kappa shape index (κ2) is 5.13. The zero-order valence-corrected chi connectivity index (χ0v) is 11.8. The maximum Gasteiger partial charge on any atom is 0.249 e. The molecule has 7 heteroatoms. The lowest BCUT2D eigenvalue weighted by Gasteiger charge is -2.35. The third kappa shape index (κ3) is 2.53. The zero-order valence-electron chi connectivity index (χ0n) is 11.0. The minimum Gasteiger partial charge on any atom is -0.335 e. The maximum atomic E-state index is 11.9. The molecule has 0 radical (unpaired) electrons. The smallest absolute Gasteiger partial charge is 0.249 e. The van der Waals surface area contributed by atoms with Crippen LogP contribution < -0.4 is 10.2 Å². The lowest BCUT2D eigenvalue weighted by molar-refractivity contribution is -0.132. The van der Waals surface area contributed by atoms with E-state index >= 15 is 0 Å². The van der Waals surface area contributed by atoms with E-state index in [1.54, 1.807) is 18.7 Å². The number of aromatic nitrogens is 2. The average molecular weight is 283 g/mol. The van der Waals surface area contributed by atoms with E-state index in [2.05, 4.69) is 15.3 Å². The van der Waals surface area contributed by atoms with Crippen molar-refractivity contribution in [1.82, 2.24) is 15.3 Å².